The maximum Gasteiger partial charge on any atom is 0.326 e. The summed E-state index contributed by atoms with van der Waals surface area (Å²) >= 11 is 6.00. The molecule has 17 heavy (non-hydrogen) atoms. The molecule has 1 heterocycles. The summed E-state index contributed by atoms with van der Waals surface area (Å²) in [5.74, 6) is -0.520. The third kappa shape index (κ3) is 1.62. The smallest absolute Gasteiger partial charge is 0.326 e. The first kappa shape index (κ1) is 10.7. The van der Waals surface area contributed by atoms with Gasteiger partial charge in [0.15, 0.2) is 0 Å². The van der Waals surface area contributed by atoms with Crippen LogP contribution in [0.1, 0.15) is 17.9 Å². The zero-order valence-corrected chi connectivity index (χ0v) is 9.82. The number of anilines is 1. The van der Waals surface area contributed by atoms with E-state index in [1.54, 1.807) is 6.07 Å². The highest BCUT2D eigenvalue weighted by Gasteiger charge is 2.40. The largest absolute Gasteiger partial charge is 0.480 e. The molecule has 0 fully saturated rings. The summed E-state index contributed by atoms with van der Waals surface area (Å²) in [6.45, 7) is 0. The maximum absolute atomic E-state index is 11.3. The summed E-state index contributed by atoms with van der Waals surface area (Å²) in [4.78, 5) is 11.3. The fourth-order valence-electron chi connectivity index (χ4n) is 2.81. The van der Waals surface area contributed by atoms with Gasteiger partial charge in [-0.3, -0.25) is 0 Å². The number of benzene rings is 1. The first-order valence-electron chi connectivity index (χ1n) is 5.62. The van der Waals surface area contributed by atoms with E-state index < -0.39 is 12.0 Å². The highest BCUT2D eigenvalue weighted by molar-refractivity contribution is 6.30. The van der Waals surface area contributed by atoms with Gasteiger partial charge in [-0.25, -0.2) is 4.79 Å². The molecule has 0 aromatic heterocycles. The molecular weight excluding hydrogens is 238 g/mol. The SMILES string of the molecule is O=C(O)[C@@H]1Nc2ccc(Cl)cc2[C@@H]2C=CC[C@@H]12. The molecule has 1 aromatic carbocycles. The van der Waals surface area contributed by atoms with Crippen molar-refractivity contribution in [1.29, 1.82) is 0 Å². The van der Waals surface area contributed by atoms with Gasteiger partial charge in [0.1, 0.15) is 6.04 Å². The molecule has 0 saturated heterocycles. The van der Waals surface area contributed by atoms with E-state index in [-0.39, 0.29) is 11.8 Å². The van der Waals surface area contributed by atoms with Crippen LogP contribution >= 0.6 is 11.6 Å². The molecule has 0 unspecified atom stereocenters. The van der Waals surface area contributed by atoms with Crippen molar-refractivity contribution in [2.45, 2.75) is 18.4 Å². The zero-order chi connectivity index (χ0) is 12.0. The summed E-state index contributed by atoms with van der Waals surface area (Å²) in [5, 5.41) is 13.0. The molecular formula is C13H12ClNO2. The molecule has 0 amide bonds. The number of hydrogen-bond donors (Lipinski definition) is 2. The predicted octanol–water partition coefficient (Wildman–Crippen LogP) is 2.88. The lowest BCUT2D eigenvalue weighted by Crippen LogP contribution is -2.41. The molecule has 3 rings (SSSR count). The van der Waals surface area contributed by atoms with Crippen LogP contribution in [-0.2, 0) is 4.79 Å². The number of fused-ring (bicyclic) bond motifs is 3. The fourth-order valence-corrected chi connectivity index (χ4v) is 2.99. The minimum atomic E-state index is -0.788. The molecule has 3 atom stereocenters. The molecule has 88 valence electrons. The number of aliphatic carboxylic acids is 1. The lowest BCUT2D eigenvalue weighted by Gasteiger charge is -2.34. The van der Waals surface area contributed by atoms with Gasteiger partial charge in [0.05, 0.1) is 0 Å². The molecule has 0 radical (unpaired) electrons. The Kier molecular flexibility index (Phi) is 2.37. The Morgan fingerprint density at radius 2 is 2.29 bits per heavy atom. The number of halogens is 1. The standard InChI is InChI=1S/C13H12ClNO2/c14-7-4-5-11-10(6-7)8-2-1-3-9(8)12(15-11)13(16)17/h1-2,4-6,8-9,12,15H,3H2,(H,16,17)/t8-,9-,12-/m1/s1. The quantitative estimate of drug-likeness (QED) is 0.753. The number of allylic oxidation sites excluding steroid dienone is 2. The van der Waals surface area contributed by atoms with E-state index in [1.807, 2.05) is 12.1 Å². The minimum absolute atomic E-state index is 0.0958. The zero-order valence-electron chi connectivity index (χ0n) is 9.06. The normalized spacial score (nSPS) is 29.4. The van der Waals surface area contributed by atoms with Crippen LogP contribution in [0.25, 0.3) is 0 Å². The summed E-state index contributed by atoms with van der Waals surface area (Å²) < 4.78 is 0. The van der Waals surface area contributed by atoms with Gasteiger partial charge >= 0.3 is 5.97 Å². The van der Waals surface area contributed by atoms with E-state index in [9.17, 15) is 9.90 Å². The summed E-state index contributed by atoms with van der Waals surface area (Å²) in [5.41, 5.74) is 1.99. The third-order valence-electron chi connectivity index (χ3n) is 3.59. The van der Waals surface area contributed by atoms with Gasteiger partial charge in [-0.1, -0.05) is 23.8 Å². The van der Waals surface area contributed by atoms with Crippen molar-refractivity contribution in [3.05, 3.63) is 40.9 Å². The van der Waals surface area contributed by atoms with Crippen LogP contribution in [0, 0.1) is 5.92 Å². The molecule has 3 nitrogen and oxygen atoms in total. The van der Waals surface area contributed by atoms with E-state index in [1.165, 1.54) is 0 Å². The van der Waals surface area contributed by atoms with Crippen molar-refractivity contribution in [3.63, 3.8) is 0 Å². The van der Waals surface area contributed by atoms with Crippen LogP contribution in [0.2, 0.25) is 5.02 Å². The second-order valence-electron chi connectivity index (χ2n) is 4.55. The Hall–Kier alpha value is -1.48. The number of carboxylic acids is 1. The maximum atomic E-state index is 11.3. The topological polar surface area (TPSA) is 49.3 Å². The molecule has 1 aromatic rings. The monoisotopic (exact) mass is 249 g/mol. The van der Waals surface area contributed by atoms with Crippen LogP contribution in [-0.4, -0.2) is 17.1 Å². The van der Waals surface area contributed by atoms with Crippen molar-refractivity contribution in [2.24, 2.45) is 5.92 Å². The second-order valence-corrected chi connectivity index (χ2v) is 4.98. The summed E-state index contributed by atoms with van der Waals surface area (Å²) in [6.07, 6.45) is 4.96. The fraction of sp³-hybridized carbons (Fsp3) is 0.308. The molecule has 1 aliphatic heterocycles. The van der Waals surface area contributed by atoms with Gasteiger partial charge in [0.25, 0.3) is 0 Å². The number of carbonyl (C=O) groups is 1. The van der Waals surface area contributed by atoms with E-state index in [0.29, 0.717) is 5.02 Å². The van der Waals surface area contributed by atoms with Crippen molar-refractivity contribution < 1.29 is 9.90 Å². The first-order chi connectivity index (χ1) is 8.16. The number of rotatable bonds is 1. The Bertz CT molecular complexity index is 512. The molecule has 4 heteroatoms. The third-order valence-corrected chi connectivity index (χ3v) is 3.83. The average molecular weight is 250 g/mol. The number of nitrogens with one attached hydrogen (secondary N) is 1. The molecule has 0 saturated carbocycles. The Labute approximate surface area is 104 Å². The van der Waals surface area contributed by atoms with E-state index in [0.717, 1.165) is 17.7 Å². The summed E-state index contributed by atoms with van der Waals surface area (Å²) in [6, 6.07) is 5.06. The van der Waals surface area contributed by atoms with Gasteiger partial charge in [0, 0.05) is 22.5 Å². The first-order valence-corrected chi connectivity index (χ1v) is 6.00. The van der Waals surface area contributed by atoms with Gasteiger partial charge in [-0.05, 0) is 30.2 Å². The van der Waals surface area contributed by atoms with Gasteiger partial charge < -0.3 is 10.4 Å². The van der Waals surface area contributed by atoms with Crippen LogP contribution in [0.15, 0.2) is 30.4 Å². The number of hydrogen-bond acceptors (Lipinski definition) is 2. The van der Waals surface area contributed by atoms with Gasteiger partial charge in [-0.2, -0.15) is 0 Å². The molecule has 0 bridgehead atoms. The minimum Gasteiger partial charge on any atom is -0.480 e. The van der Waals surface area contributed by atoms with Crippen LogP contribution in [0.5, 0.6) is 0 Å². The van der Waals surface area contributed by atoms with E-state index >= 15 is 0 Å². The van der Waals surface area contributed by atoms with Gasteiger partial charge in [0.2, 0.25) is 0 Å². The Balaban J connectivity index is 2.09. The molecule has 2 aliphatic rings. The van der Waals surface area contributed by atoms with E-state index in [2.05, 4.69) is 17.5 Å². The van der Waals surface area contributed by atoms with Gasteiger partial charge in [-0.15, -0.1) is 0 Å². The average Bonchev–Trinajstić information content (AvgIpc) is 2.76. The van der Waals surface area contributed by atoms with E-state index in [4.69, 9.17) is 11.6 Å². The van der Waals surface area contributed by atoms with Crippen LogP contribution in [0.4, 0.5) is 5.69 Å². The lowest BCUT2D eigenvalue weighted by atomic mass is 9.79. The van der Waals surface area contributed by atoms with Crippen LogP contribution in [0.3, 0.4) is 0 Å². The highest BCUT2D eigenvalue weighted by Crippen LogP contribution is 2.45. The van der Waals surface area contributed by atoms with Crippen molar-refractivity contribution in [3.8, 4) is 0 Å². The Morgan fingerprint density at radius 3 is 3.06 bits per heavy atom. The predicted molar refractivity (Wildman–Crippen MR) is 66.5 cm³/mol. The Morgan fingerprint density at radius 1 is 1.47 bits per heavy atom. The molecule has 1 aliphatic carbocycles. The van der Waals surface area contributed by atoms with Crippen LogP contribution < -0.4 is 5.32 Å². The van der Waals surface area contributed by atoms with Crippen molar-refractivity contribution in [1.82, 2.24) is 0 Å². The number of carboxylic acid groups (broad SMARTS) is 1. The highest BCUT2D eigenvalue weighted by atomic mass is 35.5. The van der Waals surface area contributed by atoms with Crippen molar-refractivity contribution in [2.75, 3.05) is 5.32 Å². The second kappa shape index (κ2) is 3.77. The van der Waals surface area contributed by atoms with Crippen molar-refractivity contribution >= 4 is 23.3 Å². The molecule has 0 spiro atoms. The summed E-state index contributed by atoms with van der Waals surface area (Å²) in [7, 11) is 0. The molecule has 2 N–H and O–H groups in total. The lowest BCUT2D eigenvalue weighted by molar-refractivity contribution is -0.139.